The van der Waals surface area contributed by atoms with Gasteiger partial charge in [0.2, 0.25) is 5.91 Å². The SMILES string of the molecule is C[C@H](Cc1ccc(Oc2ccc(C(N)=O)cc2)cc1)NC[C@H](O)COc1cccc2[nH]c3ccccc3c12. The third-order valence-electron chi connectivity index (χ3n) is 6.46. The van der Waals surface area contributed by atoms with E-state index >= 15 is 0 Å². The molecule has 5 aromatic rings. The van der Waals surface area contributed by atoms with Crippen LogP contribution in [0.2, 0.25) is 0 Å². The van der Waals surface area contributed by atoms with Crippen LogP contribution in [0.15, 0.2) is 91.0 Å². The van der Waals surface area contributed by atoms with Crippen LogP contribution in [0, 0.1) is 0 Å². The van der Waals surface area contributed by atoms with Crippen molar-refractivity contribution in [3.05, 3.63) is 102 Å². The maximum absolute atomic E-state index is 11.2. The molecule has 0 saturated heterocycles. The molecule has 2 atom stereocenters. The summed E-state index contributed by atoms with van der Waals surface area (Å²) in [6.45, 7) is 2.71. The van der Waals surface area contributed by atoms with E-state index in [0.29, 0.717) is 23.6 Å². The highest BCUT2D eigenvalue weighted by Crippen LogP contribution is 2.33. The quantitative estimate of drug-likeness (QED) is 0.196. The van der Waals surface area contributed by atoms with Crippen LogP contribution in [0.25, 0.3) is 21.8 Å². The van der Waals surface area contributed by atoms with Gasteiger partial charge in [-0.1, -0.05) is 36.4 Å². The first kappa shape index (κ1) is 25.3. The number of primary amides is 1. The number of para-hydroxylation sites is 1. The Kier molecular flexibility index (Phi) is 7.58. The van der Waals surface area contributed by atoms with Crippen LogP contribution in [0.3, 0.4) is 0 Å². The lowest BCUT2D eigenvalue weighted by Gasteiger charge is -2.18. The number of fused-ring (bicyclic) bond motifs is 3. The zero-order valence-electron chi connectivity index (χ0n) is 21.2. The predicted molar refractivity (Wildman–Crippen MR) is 150 cm³/mol. The van der Waals surface area contributed by atoms with E-state index in [1.807, 2.05) is 60.7 Å². The van der Waals surface area contributed by atoms with Crippen molar-refractivity contribution in [1.29, 1.82) is 0 Å². The van der Waals surface area contributed by atoms with Crippen LogP contribution < -0.4 is 20.5 Å². The molecule has 0 aliphatic heterocycles. The first-order chi connectivity index (χ1) is 18.5. The van der Waals surface area contributed by atoms with Crippen molar-refractivity contribution in [2.24, 2.45) is 5.73 Å². The van der Waals surface area contributed by atoms with Gasteiger partial charge in [-0.2, -0.15) is 0 Å². The van der Waals surface area contributed by atoms with Gasteiger partial charge in [0.15, 0.2) is 0 Å². The molecule has 4 aromatic carbocycles. The van der Waals surface area contributed by atoms with Gasteiger partial charge >= 0.3 is 0 Å². The van der Waals surface area contributed by atoms with Crippen molar-refractivity contribution >= 4 is 27.7 Å². The van der Waals surface area contributed by atoms with Crippen molar-refractivity contribution in [1.82, 2.24) is 10.3 Å². The molecule has 0 unspecified atom stereocenters. The molecule has 0 aliphatic rings. The Bertz CT molecular complexity index is 1530. The summed E-state index contributed by atoms with van der Waals surface area (Å²) in [5.74, 6) is 1.64. The Labute approximate surface area is 221 Å². The number of nitrogens with one attached hydrogen (secondary N) is 2. The monoisotopic (exact) mass is 509 g/mol. The van der Waals surface area contributed by atoms with E-state index in [4.69, 9.17) is 15.2 Å². The number of aliphatic hydroxyl groups excluding tert-OH is 1. The van der Waals surface area contributed by atoms with Gasteiger partial charge < -0.3 is 30.6 Å². The molecule has 0 bridgehead atoms. The fourth-order valence-corrected chi connectivity index (χ4v) is 4.51. The molecule has 194 valence electrons. The number of nitrogens with two attached hydrogens (primary N) is 1. The number of aromatic nitrogens is 1. The van der Waals surface area contributed by atoms with E-state index in [2.05, 4.69) is 23.3 Å². The minimum absolute atomic E-state index is 0.162. The minimum atomic E-state index is -0.644. The van der Waals surface area contributed by atoms with Gasteiger partial charge in [0.25, 0.3) is 0 Å². The molecule has 7 nitrogen and oxygen atoms in total. The average molecular weight is 510 g/mol. The number of hydrogen-bond donors (Lipinski definition) is 4. The van der Waals surface area contributed by atoms with Crippen molar-refractivity contribution in [2.75, 3.05) is 13.2 Å². The van der Waals surface area contributed by atoms with E-state index in [0.717, 1.165) is 39.5 Å². The molecule has 7 heteroatoms. The van der Waals surface area contributed by atoms with Crippen LogP contribution in [0.4, 0.5) is 0 Å². The first-order valence-corrected chi connectivity index (χ1v) is 12.7. The Morgan fingerprint density at radius 2 is 1.61 bits per heavy atom. The second kappa shape index (κ2) is 11.4. The highest BCUT2D eigenvalue weighted by molar-refractivity contribution is 6.10. The summed E-state index contributed by atoms with van der Waals surface area (Å²) in [7, 11) is 0. The number of aromatic amines is 1. The molecule has 5 N–H and O–H groups in total. The predicted octanol–water partition coefficient (Wildman–Crippen LogP) is 5.17. The standard InChI is InChI=1S/C31H31N3O4/c1-20(17-21-9-13-24(14-10-21)38-25-15-11-22(12-16-25)31(32)36)33-18-23(35)19-37-29-8-4-7-28-30(29)26-5-2-3-6-27(26)34-28/h2-16,20,23,33-35H,17-19H2,1H3,(H2,32,36)/t20-,23+/m1/s1. The summed E-state index contributed by atoms with van der Waals surface area (Å²) < 4.78 is 11.9. The minimum Gasteiger partial charge on any atom is -0.490 e. The average Bonchev–Trinajstić information content (AvgIpc) is 3.31. The molecule has 0 spiro atoms. The van der Waals surface area contributed by atoms with Crippen LogP contribution in [0.1, 0.15) is 22.8 Å². The van der Waals surface area contributed by atoms with Gasteiger partial charge in [-0.25, -0.2) is 0 Å². The second-order valence-electron chi connectivity index (χ2n) is 9.46. The highest BCUT2D eigenvalue weighted by Gasteiger charge is 2.13. The summed E-state index contributed by atoms with van der Waals surface area (Å²) in [6.07, 6.45) is 0.158. The zero-order valence-corrected chi connectivity index (χ0v) is 21.2. The molecule has 38 heavy (non-hydrogen) atoms. The van der Waals surface area contributed by atoms with Crippen molar-refractivity contribution in [3.8, 4) is 17.2 Å². The normalized spacial score (nSPS) is 12.9. The van der Waals surface area contributed by atoms with Crippen molar-refractivity contribution in [3.63, 3.8) is 0 Å². The summed E-state index contributed by atoms with van der Waals surface area (Å²) in [5.41, 5.74) is 8.95. The van der Waals surface area contributed by atoms with E-state index in [1.165, 1.54) is 0 Å². The Morgan fingerprint density at radius 1 is 0.921 bits per heavy atom. The molecule has 1 heterocycles. The summed E-state index contributed by atoms with van der Waals surface area (Å²) in [5, 5.41) is 16.1. The molecule has 0 radical (unpaired) electrons. The summed E-state index contributed by atoms with van der Waals surface area (Å²) in [4.78, 5) is 14.6. The molecule has 1 aromatic heterocycles. The van der Waals surface area contributed by atoms with Gasteiger partial charge in [0.1, 0.15) is 30.0 Å². The number of amides is 1. The van der Waals surface area contributed by atoms with Crippen LogP contribution in [-0.2, 0) is 6.42 Å². The zero-order chi connectivity index (χ0) is 26.5. The van der Waals surface area contributed by atoms with Gasteiger partial charge in [0, 0.05) is 34.4 Å². The van der Waals surface area contributed by atoms with Crippen LogP contribution in [-0.4, -0.2) is 41.3 Å². The third kappa shape index (κ3) is 5.96. The van der Waals surface area contributed by atoms with Crippen molar-refractivity contribution in [2.45, 2.75) is 25.5 Å². The third-order valence-corrected chi connectivity index (χ3v) is 6.46. The van der Waals surface area contributed by atoms with Gasteiger partial charge in [-0.05, 0) is 73.5 Å². The second-order valence-corrected chi connectivity index (χ2v) is 9.46. The van der Waals surface area contributed by atoms with Crippen LogP contribution in [0.5, 0.6) is 17.2 Å². The Hall–Kier alpha value is -4.33. The van der Waals surface area contributed by atoms with Gasteiger partial charge in [-0.3, -0.25) is 4.79 Å². The maximum Gasteiger partial charge on any atom is 0.248 e. The summed E-state index contributed by atoms with van der Waals surface area (Å²) >= 11 is 0. The molecule has 0 saturated carbocycles. The van der Waals surface area contributed by atoms with Crippen molar-refractivity contribution < 1.29 is 19.4 Å². The molecular formula is C31H31N3O4. The van der Waals surface area contributed by atoms with E-state index in [9.17, 15) is 9.90 Å². The highest BCUT2D eigenvalue weighted by atomic mass is 16.5. The number of aliphatic hydroxyl groups is 1. The number of benzene rings is 4. The number of rotatable bonds is 11. The lowest BCUT2D eigenvalue weighted by atomic mass is 10.1. The molecule has 0 aliphatic carbocycles. The van der Waals surface area contributed by atoms with E-state index in [1.54, 1.807) is 24.3 Å². The molecular weight excluding hydrogens is 478 g/mol. The maximum atomic E-state index is 11.2. The largest absolute Gasteiger partial charge is 0.490 e. The van der Waals surface area contributed by atoms with Crippen LogP contribution >= 0.6 is 0 Å². The topological polar surface area (TPSA) is 110 Å². The number of hydrogen-bond acceptors (Lipinski definition) is 5. The Morgan fingerprint density at radius 3 is 2.34 bits per heavy atom. The molecule has 1 amide bonds. The van der Waals surface area contributed by atoms with E-state index < -0.39 is 12.0 Å². The molecule has 5 rings (SSSR count). The Balaban J connectivity index is 1.09. The number of carbonyl (C=O) groups is 1. The fourth-order valence-electron chi connectivity index (χ4n) is 4.51. The first-order valence-electron chi connectivity index (χ1n) is 12.7. The fraction of sp³-hybridized carbons (Fsp3) is 0.194. The lowest BCUT2D eigenvalue weighted by molar-refractivity contribution is 0.1000. The van der Waals surface area contributed by atoms with E-state index in [-0.39, 0.29) is 12.6 Å². The number of H-pyrrole nitrogens is 1. The van der Waals surface area contributed by atoms with Gasteiger partial charge in [-0.15, -0.1) is 0 Å². The number of carbonyl (C=O) groups excluding carboxylic acids is 1. The summed E-state index contributed by atoms with van der Waals surface area (Å²) in [6, 6.07) is 28.8. The number of ether oxygens (including phenoxy) is 2. The van der Waals surface area contributed by atoms with Gasteiger partial charge in [0.05, 0.1) is 5.52 Å². The molecule has 0 fully saturated rings. The lowest BCUT2D eigenvalue weighted by Crippen LogP contribution is -2.37. The smallest absolute Gasteiger partial charge is 0.248 e.